The van der Waals surface area contributed by atoms with Crippen LogP contribution in [0.3, 0.4) is 0 Å². The van der Waals surface area contributed by atoms with Crippen LogP contribution in [0.5, 0.6) is 0 Å². The summed E-state index contributed by atoms with van der Waals surface area (Å²) >= 11 is 0. The standard InChI is InChI=1S/C26H27N5O5/c32-24(18-4-2-6-20(14-18)26(35)36)30-10-7-21(16-30)23-28-27-22-8-9-29(11-12-31(22)23)15-17-3-1-5-19(13-17)25(33)34/h1-6,13-14,21H,7-12,15-16H2,(H,33,34)(H,35,36). The van der Waals surface area contributed by atoms with E-state index in [0.29, 0.717) is 25.2 Å². The summed E-state index contributed by atoms with van der Waals surface area (Å²) in [6.07, 6.45) is 1.51. The third kappa shape index (κ3) is 4.85. The van der Waals surface area contributed by atoms with Gasteiger partial charge in [0.15, 0.2) is 0 Å². The number of benzene rings is 2. The van der Waals surface area contributed by atoms with Crippen LogP contribution in [0.15, 0.2) is 48.5 Å². The van der Waals surface area contributed by atoms with E-state index in [9.17, 15) is 24.6 Å². The fourth-order valence-corrected chi connectivity index (χ4v) is 5.03. The van der Waals surface area contributed by atoms with Gasteiger partial charge in [-0.1, -0.05) is 18.2 Å². The first kappa shape index (κ1) is 23.7. The van der Waals surface area contributed by atoms with Gasteiger partial charge in [0.2, 0.25) is 0 Å². The number of carboxylic acid groups (broad SMARTS) is 2. The molecule has 3 heterocycles. The molecule has 1 saturated heterocycles. The maximum Gasteiger partial charge on any atom is 0.335 e. The van der Waals surface area contributed by atoms with Gasteiger partial charge in [-0.2, -0.15) is 0 Å². The minimum Gasteiger partial charge on any atom is -0.478 e. The summed E-state index contributed by atoms with van der Waals surface area (Å²) in [4.78, 5) is 39.6. The highest BCUT2D eigenvalue weighted by atomic mass is 16.4. The van der Waals surface area contributed by atoms with Crippen molar-refractivity contribution >= 4 is 17.8 Å². The van der Waals surface area contributed by atoms with E-state index in [1.54, 1.807) is 35.2 Å². The molecule has 3 aromatic rings. The molecule has 2 aliphatic rings. The predicted octanol–water partition coefficient (Wildman–Crippen LogP) is 2.36. The van der Waals surface area contributed by atoms with Crippen LogP contribution in [0.2, 0.25) is 0 Å². The van der Waals surface area contributed by atoms with Crippen LogP contribution in [-0.2, 0) is 19.5 Å². The second-order valence-corrected chi connectivity index (χ2v) is 9.28. The van der Waals surface area contributed by atoms with Gasteiger partial charge in [0.05, 0.1) is 11.1 Å². The third-order valence-electron chi connectivity index (χ3n) is 6.92. The summed E-state index contributed by atoms with van der Waals surface area (Å²) in [7, 11) is 0. The molecule has 36 heavy (non-hydrogen) atoms. The van der Waals surface area contributed by atoms with Gasteiger partial charge in [0, 0.05) is 57.2 Å². The monoisotopic (exact) mass is 489 g/mol. The zero-order valence-electron chi connectivity index (χ0n) is 19.7. The number of likely N-dealkylation sites (tertiary alicyclic amines) is 1. The van der Waals surface area contributed by atoms with Crippen LogP contribution in [0, 0.1) is 0 Å². The first-order valence-corrected chi connectivity index (χ1v) is 12.0. The van der Waals surface area contributed by atoms with Crippen molar-refractivity contribution in [2.45, 2.75) is 31.8 Å². The number of rotatable bonds is 6. The molecule has 5 rings (SSSR count). The number of hydrogen-bond acceptors (Lipinski definition) is 6. The normalized spacial score (nSPS) is 18.0. The molecule has 186 valence electrons. The summed E-state index contributed by atoms with van der Waals surface area (Å²) in [6, 6.07) is 13.2. The second kappa shape index (κ2) is 9.90. The largest absolute Gasteiger partial charge is 0.478 e. The number of carbonyl (C=O) groups excluding carboxylic acids is 1. The first-order chi connectivity index (χ1) is 17.4. The maximum atomic E-state index is 13.0. The molecule has 0 radical (unpaired) electrons. The van der Waals surface area contributed by atoms with E-state index in [4.69, 9.17) is 0 Å². The van der Waals surface area contributed by atoms with Crippen molar-refractivity contribution in [3.8, 4) is 0 Å². The third-order valence-corrected chi connectivity index (χ3v) is 6.92. The molecule has 0 spiro atoms. The number of hydrogen-bond donors (Lipinski definition) is 2. The van der Waals surface area contributed by atoms with Gasteiger partial charge >= 0.3 is 11.9 Å². The van der Waals surface area contributed by atoms with Crippen molar-refractivity contribution in [3.05, 3.63) is 82.4 Å². The molecule has 1 atom stereocenters. The molecule has 1 unspecified atom stereocenters. The highest BCUT2D eigenvalue weighted by Crippen LogP contribution is 2.28. The average Bonchev–Trinajstić information content (AvgIpc) is 3.48. The molecule has 0 bridgehead atoms. The van der Waals surface area contributed by atoms with Crippen LogP contribution in [-0.4, -0.2) is 78.8 Å². The maximum absolute atomic E-state index is 13.0. The zero-order valence-corrected chi connectivity index (χ0v) is 19.7. The Bertz CT molecular complexity index is 1320. The number of aromatic nitrogens is 3. The Morgan fingerprint density at radius 3 is 2.36 bits per heavy atom. The molecular formula is C26H27N5O5. The molecule has 2 aliphatic heterocycles. The van der Waals surface area contributed by atoms with Gasteiger partial charge in [-0.3, -0.25) is 9.69 Å². The highest BCUT2D eigenvalue weighted by molar-refractivity contribution is 5.97. The zero-order chi connectivity index (χ0) is 25.2. The Morgan fingerprint density at radius 2 is 1.58 bits per heavy atom. The quantitative estimate of drug-likeness (QED) is 0.540. The van der Waals surface area contributed by atoms with E-state index in [1.165, 1.54) is 12.1 Å². The van der Waals surface area contributed by atoms with Gasteiger partial charge in [0.1, 0.15) is 11.6 Å². The van der Waals surface area contributed by atoms with E-state index in [0.717, 1.165) is 49.7 Å². The number of aromatic carboxylic acids is 2. The van der Waals surface area contributed by atoms with Crippen LogP contribution >= 0.6 is 0 Å². The van der Waals surface area contributed by atoms with E-state index in [-0.39, 0.29) is 23.0 Å². The SMILES string of the molecule is O=C(O)c1cccc(CN2CCc3nnc(C4CCN(C(=O)c5cccc(C(=O)O)c5)C4)n3CC2)c1. The lowest BCUT2D eigenvalue weighted by Crippen LogP contribution is -2.29. The van der Waals surface area contributed by atoms with Crippen molar-refractivity contribution in [1.29, 1.82) is 0 Å². The first-order valence-electron chi connectivity index (χ1n) is 12.0. The summed E-state index contributed by atoms with van der Waals surface area (Å²) < 4.78 is 2.16. The van der Waals surface area contributed by atoms with Crippen LogP contribution in [0.4, 0.5) is 0 Å². The summed E-state index contributed by atoms with van der Waals surface area (Å²) in [6.45, 7) is 4.06. The Morgan fingerprint density at radius 1 is 0.861 bits per heavy atom. The number of nitrogens with zero attached hydrogens (tertiary/aromatic N) is 5. The topological polar surface area (TPSA) is 129 Å². The number of fused-ring (bicyclic) bond motifs is 1. The molecule has 0 saturated carbocycles. The van der Waals surface area contributed by atoms with Crippen molar-refractivity contribution in [2.24, 2.45) is 0 Å². The Balaban J connectivity index is 1.24. The number of carboxylic acids is 2. The van der Waals surface area contributed by atoms with Crippen LogP contribution < -0.4 is 0 Å². The van der Waals surface area contributed by atoms with Crippen LogP contribution in [0.1, 0.15) is 60.6 Å². The molecule has 1 amide bonds. The predicted molar refractivity (Wildman–Crippen MR) is 129 cm³/mol. The van der Waals surface area contributed by atoms with E-state index in [2.05, 4.69) is 19.7 Å². The smallest absolute Gasteiger partial charge is 0.335 e. The van der Waals surface area contributed by atoms with E-state index < -0.39 is 11.9 Å². The van der Waals surface area contributed by atoms with Gasteiger partial charge in [-0.05, 0) is 42.3 Å². The summed E-state index contributed by atoms with van der Waals surface area (Å²) in [5, 5.41) is 27.4. The van der Waals surface area contributed by atoms with Crippen molar-refractivity contribution in [1.82, 2.24) is 24.6 Å². The lowest BCUT2D eigenvalue weighted by Gasteiger charge is -2.20. The number of carbonyl (C=O) groups is 3. The molecule has 10 nitrogen and oxygen atoms in total. The lowest BCUT2D eigenvalue weighted by molar-refractivity contribution is 0.0685. The fraction of sp³-hybridized carbons (Fsp3) is 0.346. The van der Waals surface area contributed by atoms with E-state index in [1.807, 2.05) is 6.07 Å². The minimum atomic E-state index is -1.06. The van der Waals surface area contributed by atoms with Gasteiger partial charge < -0.3 is 19.7 Å². The molecule has 1 aromatic heterocycles. The average molecular weight is 490 g/mol. The fourth-order valence-electron chi connectivity index (χ4n) is 5.03. The lowest BCUT2D eigenvalue weighted by atomic mass is 10.1. The Labute approximate surface area is 207 Å². The van der Waals surface area contributed by atoms with Gasteiger partial charge in [-0.25, -0.2) is 9.59 Å². The molecule has 2 aromatic carbocycles. The van der Waals surface area contributed by atoms with E-state index >= 15 is 0 Å². The minimum absolute atomic E-state index is 0.0663. The second-order valence-electron chi connectivity index (χ2n) is 9.28. The summed E-state index contributed by atoms with van der Waals surface area (Å²) in [5.74, 6) is -0.288. The molecule has 10 heteroatoms. The number of amides is 1. The molecule has 1 fully saturated rings. The van der Waals surface area contributed by atoms with Gasteiger partial charge in [0.25, 0.3) is 5.91 Å². The summed E-state index contributed by atoms with van der Waals surface area (Å²) in [5.41, 5.74) is 1.72. The Kier molecular flexibility index (Phi) is 6.51. The molecular weight excluding hydrogens is 462 g/mol. The van der Waals surface area contributed by atoms with Crippen molar-refractivity contribution in [3.63, 3.8) is 0 Å². The molecule has 0 aliphatic carbocycles. The molecule has 2 N–H and O–H groups in total. The van der Waals surface area contributed by atoms with Crippen LogP contribution in [0.25, 0.3) is 0 Å². The van der Waals surface area contributed by atoms with Gasteiger partial charge in [-0.15, -0.1) is 10.2 Å². The highest BCUT2D eigenvalue weighted by Gasteiger charge is 2.32. The Hall–Kier alpha value is -4.05. The van der Waals surface area contributed by atoms with Crippen molar-refractivity contribution < 1.29 is 24.6 Å². The van der Waals surface area contributed by atoms with Crippen molar-refractivity contribution in [2.75, 3.05) is 26.2 Å².